The van der Waals surface area contributed by atoms with Gasteiger partial charge in [0.25, 0.3) is 0 Å². The van der Waals surface area contributed by atoms with Crippen LogP contribution in [0.5, 0.6) is 0 Å². The quantitative estimate of drug-likeness (QED) is 0.720. The second-order valence-corrected chi connectivity index (χ2v) is 5.81. The zero-order valence-corrected chi connectivity index (χ0v) is 12.0. The fourth-order valence-corrected chi connectivity index (χ4v) is 2.57. The molecule has 0 aromatic rings. The van der Waals surface area contributed by atoms with Gasteiger partial charge in [-0.05, 0) is 25.7 Å². The molecule has 4 unspecified atom stereocenters. The van der Waals surface area contributed by atoms with Gasteiger partial charge in [0.15, 0.2) is 0 Å². The number of nitrogens with one attached hydrogen (secondary N) is 1. The molecule has 0 radical (unpaired) electrons. The fourth-order valence-electron chi connectivity index (χ4n) is 2.57. The first-order valence-electron chi connectivity index (χ1n) is 6.98. The topological polar surface area (TPSA) is 41.5 Å². The van der Waals surface area contributed by atoms with E-state index in [1.165, 1.54) is 0 Å². The maximum absolute atomic E-state index is 9.81. The van der Waals surface area contributed by atoms with Crippen LogP contribution in [0.15, 0.2) is 0 Å². The van der Waals surface area contributed by atoms with Gasteiger partial charge in [0.05, 0.1) is 12.2 Å². The first-order valence-corrected chi connectivity index (χ1v) is 6.98. The lowest BCUT2D eigenvalue weighted by molar-refractivity contribution is -0.127. The van der Waals surface area contributed by atoms with Crippen LogP contribution in [0.3, 0.4) is 0 Å². The maximum Gasteiger partial charge on any atom is 0.0687 e. The number of aliphatic hydroxyl groups is 1. The molecular weight excluding hydrogens is 214 g/mol. The van der Waals surface area contributed by atoms with E-state index in [1.807, 2.05) is 0 Å². The molecule has 1 rings (SSSR count). The molecule has 0 bridgehead atoms. The van der Waals surface area contributed by atoms with E-state index in [2.05, 4.69) is 39.9 Å². The summed E-state index contributed by atoms with van der Waals surface area (Å²) in [7, 11) is 0. The van der Waals surface area contributed by atoms with Gasteiger partial charge in [-0.15, -0.1) is 0 Å². The summed E-state index contributed by atoms with van der Waals surface area (Å²) in [6, 6.07) is 0.484. The van der Waals surface area contributed by atoms with Gasteiger partial charge in [-0.1, -0.05) is 27.7 Å². The standard InChI is InChI=1S/C14H29NO2/c1-6-14(5)12(8-13(14)17-7-2)15-9-11(16)10(3)4/h10-13,15-16H,6-9H2,1-5H3. The van der Waals surface area contributed by atoms with Crippen LogP contribution < -0.4 is 5.32 Å². The van der Waals surface area contributed by atoms with Crippen LogP contribution in [0, 0.1) is 11.3 Å². The number of hydrogen-bond acceptors (Lipinski definition) is 3. The molecule has 0 spiro atoms. The molecule has 0 aliphatic heterocycles. The average Bonchev–Trinajstić information content (AvgIpc) is 2.30. The first kappa shape index (κ1) is 14.9. The minimum absolute atomic E-state index is 0.229. The zero-order chi connectivity index (χ0) is 13.1. The van der Waals surface area contributed by atoms with Gasteiger partial charge in [0.2, 0.25) is 0 Å². The van der Waals surface area contributed by atoms with E-state index in [1.54, 1.807) is 0 Å². The molecule has 0 aromatic carbocycles. The van der Waals surface area contributed by atoms with Crippen LogP contribution in [-0.2, 0) is 4.74 Å². The van der Waals surface area contributed by atoms with E-state index in [4.69, 9.17) is 4.74 Å². The summed E-state index contributed by atoms with van der Waals surface area (Å²) in [4.78, 5) is 0. The summed E-state index contributed by atoms with van der Waals surface area (Å²) in [6.07, 6.45) is 2.32. The Kier molecular flexibility index (Phi) is 5.42. The molecule has 1 aliphatic carbocycles. The normalized spacial score (nSPS) is 34.8. The van der Waals surface area contributed by atoms with Crippen molar-refractivity contribution in [2.45, 2.75) is 65.7 Å². The van der Waals surface area contributed by atoms with Crippen molar-refractivity contribution in [1.82, 2.24) is 5.32 Å². The molecule has 1 aliphatic rings. The van der Waals surface area contributed by atoms with Crippen LogP contribution >= 0.6 is 0 Å². The Labute approximate surface area is 106 Å². The molecule has 102 valence electrons. The van der Waals surface area contributed by atoms with Crippen LogP contribution in [0.4, 0.5) is 0 Å². The van der Waals surface area contributed by atoms with Crippen LogP contribution in [0.25, 0.3) is 0 Å². The van der Waals surface area contributed by atoms with Gasteiger partial charge in [-0.2, -0.15) is 0 Å². The Morgan fingerprint density at radius 2 is 2.06 bits per heavy atom. The lowest BCUT2D eigenvalue weighted by atomic mass is 9.61. The Morgan fingerprint density at radius 1 is 1.41 bits per heavy atom. The van der Waals surface area contributed by atoms with Gasteiger partial charge in [0, 0.05) is 24.6 Å². The molecule has 0 aromatic heterocycles. The van der Waals surface area contributed by atoms with Gasteiger partial charge >= 0.3 is 0 Å². The molecule has 1 fully saturated rings. The van der Waals surface area contributed by atoms with Crippen molar-refractivity contribution in [3.8, 4) is 0 Å². The summed E-state index contributed by atoms with van der Waals surface area (Å²) in [5.74, 6) is 0.318. The number of rotatable bonds is 7. The average molecular weight is 243 g/mol. The molecule has 0 amide bonds. The van der Waals surface area contributed by atoms with Crippen molar-refractivity contribution in [2.75, 3.05) is 13.2 Å². The lowest BCUT2D eigenvalue weighted by Gasteiger charge is -2.54. The summed E-state index contributed by atoms with van der Waals surface area (Å²) in [5, 5.41) is 13.3. The highest BCUT2D eigenvalue weighted by molar-refractivity contribution is 5.04. The smallest absolute Gasteiger partial charge is 0.0687 e. The molecule has 4 atom stereocenters. The third-order valence-electron chi connectivity index (χ3n) is 4.45. The van der Waals surface area contributed by atoms with Gasteiger partial charge in [-0.3, -0.25) is 0 Å². The number of ether oxygens (including phenoxy) is 1. The summed E-state index contributed by atoms with van der Waals surface area (Å²) in [6.45, 7) is 12.1. The third kappa shape index (κ3) is 3.21. The van der Waals surface area contributed by atoms with E-state index in [-0.39, 0.29) is 11.5 Å². The van der Waals surface area contributed by atoms with Gasteiger partial charge in [-0.25, -0.2) is 0 Å². The second kappa shape index (κ2) is 6.17. The van der Waals surface area contributed by atoms with E-state index in [0.29, 0.717) is 24.6 Å². The third-order valence-corrected chi connectivity index (χ3v) is 4.45. The fraction of sp³-hybridized carbons (Fsp3) is 1.00. The summed E-state index contributed by atoms with van der Waals surface area (Å²) < 4.78 is 5.77. The molecule has 3 heteroatoms. The molecule has 1 saturated carbocycles. The summed E-state index contributed by atoms with van der Waals surface area (Å²) in [5.41, 5.74) is 0.229. The van der Waals surface area contributed by atoms with E-state index in [0.717, 1.165) is 19.4 Å². The predicted octanol–water partition coefficient (Wildman–Crippen LogP) is 2.19. The lowest BCUT2D eigenvalue weighted by Crippen LogP contribution is -2.63. The van der Waals surface area contributed by atoms with Gasteiger partial charge in [0.1, 0.15) is 0 Å². The van der Waals surface area contributed by atoms with Crippen LogP contribution in [0.1, 0.15) is 47.5 Å². The van der Waals surface area contributed by atoms with E-state index < -0.39 is 0 Å². The number of aliphatic hydroxyl groups excluding tert-OH is 1. The Balaban J connectivity index is 2.41. The Morgan fingerprint density at radius 3 is 2.53 bits per heavy atom. The molecule has 0 saturated heterocycles. The predicted molar refractivity (Wildman–Crippen MR) is 71.1 cm³/mol. The molecule has 0 heterocycles. The highest BCUT2D eigenvalue weighted by Crippen LogP contribution is 2.45. The minimum atomic E-state index is -0.248. The Bertz CT molecular complexity index is 232. The van der Waals surface area contributed by atoms with Crippen molar-refractivity contribution in [3.05, 3.63) is 0 Å². The minimum Gasteiger partial charge on any atom is -0.392 e. The zero-order valence-electron chi connectivity index (χ0n) is 12.0. The Hall–Kier alpha value is -0.120. The second-order valence-electron chi connectivity index (χ2n) is 5.81. The van der Waals surface area contributed by atoms with Crippen molar-refractivity contribution < 1.29 is 9.84 Å². The van der Waals surface area contributed by atoms with E-state index >= 15 is 0 Å². The van der Waals surface area contributed by atoms with Crippen LogP contribution in [-0.4, -0.2) is 36.5 Å². The monoisotopic (exact) mass is 243 g/mol. The van der Waals surface area contributed by atoms with Crippen molar-refractivity contribution >= 4 is 0 Å². The summed E-state index contributed by atoms with van der Waals surface area (Å²) >= 11 is 0. The van der Waals surface area contributed by atoms with Crippen molar-refractivity contribution in [2.24, 2.45) is 11.3 Å². The molecule has 2 N–H and O–H groups in total. The number of hydrogen-bond donors (Lipinski definition) is 2. The first-order chi connectivity index (χ1) is 7.95. The SMILES string of the molecule is CCOC1CC(NCC(O)C(C)C)C1(C)CC. The molecular formula is C14H29NO2. The maximum atomic E-state index is 9.81. The molecule has 3 nitrogen and oxygen atoms in total. The highest BCUT2D eigenvalue weighted by Gasteiger charge is 2.50. The van der Waals surface area contributed by atoms with Crippen molar-refractivity contribution in [1.29, 1.82) is 0 Å². The van der Waals surface area contributed by atoms with Gasteiger partial charge < -0.3 is 15.2 Å². The molecule has 17 heavy (non-hydrogen) atoms. The highest BCUT2D eigenvalue weighted by atomic mass is 16.5. The van der Waals surface area contributed by atoms with Crippen LogP contribution in [0.2, 0.25) is 0 Å². The largest absolute Gasteiger partial charge is 0.392 e. The van der Waals surface area contributed by atoms with Crippen molar-refractivity contribution in [3.63, 3.8) is 0 Å². The van der Waals surface area contributed by atoms with E-state index in [9.17, 15) is 5.11 Å².